The number of anilines is 3. The van der Waals surface area contributed by atoms with Gasteiger partial charge < -0.3 is 15.5 Å². The molecule has 0 fully saturated rings. The largest absolute Gasteiger partial charge is 0.363 e. The topological polar surface area (TPSA) is 60.5 Å². The minimum absolute atomic E-state index is 0.0511. The van der Waals surface area contributed by atoms with E-state index < -0.39 is 0 Å². The Kier molecular flexibility index (Phi) is 6.48. The van der Waals surface area contributed by atoms with Gasteiger partial charge in [-0.15, -0.1) is 0 Å². The minimum Gasteiger partial charge on any atom is -0.363 e. The number of nitrogens with one attached hydrogen (secondary N) is 2. The molecule has 4 rings (SSSR count). The van der Waals surface area contributed by atoms with Crippen LogP contribution in [0.5, 0.6) is 0 Å². The number of benzene rings is 2. The smallest absolute Gasteiger partial charge is 0.251 e. The second-order valence-electron chi connectivity index (χ2n) is 8.05. The van der Waals surface area contributed by atoms with Crippen molar-refractivity contribution in [2.45, 2.75) is 13.0 Å². The SMILES string of the molecule is CN(C)c1cc(Nc2cccc(C(=O)NCCN3CCc4ccccc4C3)c2)ccn1. The highest BCUT2D eigenvalue weighted by Crippen LogP contribution is 2.21. The van der Waals surface area contributed by atoms with Gasteiger partial charge >= 0.3 is 0 Å². The number of fused-ring (bicyclic) bond motifs is 1. The van der Waals surface area contributed by atoms with Gasteiger partial charge in [0.2, 0.25) is 0 Å². The Morgan fingerprint density at radius 3 is 2.68 bits per heavy atom. The molecule has 1 amide bonds. The maximum Gasteiger partial charge on any atom is 0.251 e. The first-order valence-corrected chi connectivity index (χ1v) is 10.7. The highest BCUT2D eigenvalue weighted by Gasteiger charge is 2.15. The maximum absolute atomic E-state index is 12.7. The summed E-state index contributed by atoms with van der Waals surface area (Å²) in [6.45, 7) is 3.47. The molecule has 0 spiro atoms. The van der Waals surface area contributed by atoms with Crippen molar-refractivity contribution in [3.63, 3.8) is 0 Å². The Morgan fingerprint density at radius 2 is 1.84 bits per heavy atom. The molecular formula is C25H29N5O. The van der Waals surface area contributed by atoms with Gasteiger partial charge in [0.25, 0.3) is 5.91 Å². The zero-order valence-electron chi connectivity index (χ0n) is 18.1. The standard InChI is InChI=1S/C25H29N5O/c1-29(2)24-17-23(10-12-26-24)28-22-9-5-8-20(16-22)25(31)27-13-15-30-14-11-19-6-3-4-7-21(19)18-30/h3-10,12,16-17H,11,13-15,18H2,1-2H3,(H,26,28)(H,27,31). The van der Waals surface area contributed by atoms with Crippen LogP contribution < -0.4 is 15.5 Å². The summed E-state index contributed by atoms with van der Waals surface area (Å²) in [6.07, 6.45) is 2.84. The van der Waals surface area contributed by atoms with Crippen molar-refractivity contribution in [1.82, 2.24) is 15.2 Å². The Balaban J connectivity index is 1.31. The average molecular weight is 416 g/mol. The van der Waals surface area contributed by atoms with Crippen molar-refractivity contribution in [2.75, 3.05) is 43.9 Å². The van der Waals surface area contributed by atoms with Crippen molar-refractivity contribution < 1.29 is 4.79 Å². The first-order valence-electron chi connectivity index (χ1n) is 10.7. The number of carbonyl (C=O) groups excluding carboxylic acids is 1. The second kappa shape index (κ2) is 9.62. The van der Waals surface area contributed by atoms with E-state index in [0.717, 1.165) is 43.2 Å². The highest BCUT2D eigenvalue weighted by atomic mass is 16.1. The number of nitrogens with zero attached hydrogens (tertiary/aromatic N) is 3. The zero-order valence-corrected chi connectivity index (χ0v) is 18.1. The molecule has 6 heteroatoms. The Bertz CT molecular complexity index is 1050. The molecular weight excluding hydrogens is 386 g/mol. The molecule has 0 bridgehead atoms. The van der Waals surface area contributed by atoms with E-state index in [0.29, 0.717) is 12.1 Å². The molecule has 31 heavy (non-hydrogen) atoms. The molecule has 6 nitrogen and oxygen atoms in total. The normalized spacial score (nSPS) is 13.4. The van der Waals surface area contributed by atoms with Gasteiger partial charge in [-0.05, 0) is 41.8 Å². The summed E-state index contributed by atoms with van der Waals surface area (Å²) < 4.78 is 0. The van der Waals surface area contributed by atoms with Crippen LogP contribution in [0, 0.1) is 0 Å². The van der Waals surface area contributed by atoms with Gasteiger partial charge in [0.15, 0.2) is 0 Å². The van der Waals surface area contributed by atoms with Crippen LogP contribution in [0.25, 0.3) is 0 Å². The lowest BCUT2D eigenvalue weighted by Gasteiger charge is -2.28. The molecule has 0 atom stereocenters. The summed E-state index contributed by atoms with van der Waals surface area (Å²) in [6, 6.07) is 20.1. The first-order chi connectivity index (χ1) is 15.1. The number of pyridine rings is 1. The van der Waals surface area contributed by atoms with Gasteiger partial charge in [0.1, 0.15) is 5.82 Å². The van der Waals surface area contributed by atoms with Crippen molar-refractivity contribution >= 4 is 23.1 Å². The second-order valence-corrected chi connectivity index (χ2v) is 8.05. The molecule has 0 saturated heterocycles. The molecule has 0 unspecified atom stereocenters. The summed E-state index contributed by atoms with van der Waals surface area (Å²) in [7, 11) is 3.92. The number of aromatic nitrogens is 1. The van der Waals surface area contributed by atoms with Crippen LogP contribution in [0.3, 0.4) is 0 Å². The Morgan fingerprint density at radius 1 is 1.03 bits per heavy atom. The van der Waals surface area contributed by atoms with E-state index in [1.807, 2.05) is 55.4 Å². The number of rotatable bonds is 7. The summed E-state index contributed by atoms with van der Waals surface area (Å²) in [4.78, 5) is 21.3. The molecule has 1 aliphatic heterocycles. The summed E-state index contributed by atoms with van der Waals surface area (Å²) in [5, 5.41) is 6.42. The monoisotopic (exact) mass is 415 g/mol. The first kappa shape index (κ1) is 20.9. The van der Waals surface area contributed by atoms with Crippen LogP contribution in [-0.4, -0.2) is 49.5 Å². The van der Waals surface area contributed by atoms with Crippen LogP contribution in [0.15, 0.2) is 66.9 Å². The zero-order chi connectivity index (χ0) is 21.6. The predicted octanol–water partition coefficient (Wildman–Crippen LogP) is 3.68. The van der Waals surface area contributed by atoms with E-state index in [-0.39, 0.29) is 5.91 Å². The fourth-order valence-corrected chi connectivity index (χ4v) is 3.82. The van der Waals surface area contributed by atoms with Crippen LogP contribution in [0.2, 0.25) is 0 Å². The van der Waals surface area contributed by atoms with Crippen LogP contribution >= 0.6 is 0 Å². The van der Waals surface area contributed by atoms with E-state index in [1.165, 1.54) is 11.1 Å². The molecule has 2 heterocycles. The molecule has 1 aromatic heterocycles. The van der Waals surface area contributed by atoms with Crippen LogP contribution in [0.4, 0.5) is 17.2 Å². The lowest BCUT2D eigenvalue weighted by atomic mass is 10.00. The van der Waals surface area contributed by atoms with Gasteiger partial charge in [-0.2, -0.15) is 0 Å². The number of carbonyl (C=O) groups is 1. The predicted molar refractivity (Wildman–Crippen MR) is 126 cm³/mol. The highest BCUT2D eigenvalue weighted by molar-refractivity contribution is 5.95. The van der Waals surface area contributed by atoms with E-state index >= 15 is 0 Å². The average Bonchev–Trinajstić information content (AvgIpc) is 2.79. The maximum atomic E-state index is 12.7. The van der Waals surface area contributed by atoms with Crippen LogP contribution in [0.1, 0.15) is 21.5 Å². The van der Waals surface area contributed by atoms with Gasteiger partial charge in [-0.1, -0.05) is 30.3 Å². The van der Waals surface area contributed by atoms with E-state index in [4.69, 9.17) is 0 Å². The molecule has 160 valence electrons. The fourth-order valence-electron chi connectivity index (χ4n) is 3.82. The number of amides is 1. The summed E-state index contributed by atoms with van der Waals surface area (Å²) >= 11 is 0. The molecule has 0 aliphatic carbocycles. The third-order valence-electron chi connectivity index (χ3n) is 5.54. The Labute approximate surface area is 183 Å². The lowest BCUT2D eigenvalue weighted by Crippen LogP contribution is -2.37. The lowest BCUT2D eigenvalue weighted by molar-refractivity contribution is 0.0947. The van der Waals surface area contributed by atoms with Gasteiger partial charge in [0, 0.05) is 69.5 Å². The van der Waals surface area contributed by atoms with Crippen molar-refractivity contribution in [3.8, 4) is 0 Å². The number of hydrogen-bond acceptors (Lipinski definition) is 5. The summed E-state index contributed by atoms with van der Waals surface area (Å²) in [5.74, 6) is 0.823. The van der Waals surface area contributed by atoms with Crippen molar-refractivity contribution in [1.29, 1.82) is 0 Å². The van der Waals surface area contributed by atoms with Gasteiger partial charge in [-0.3, -0.25) is 9.69 Å². The molecule has 3 aromatic rings. The van der Waals surface area contributed by atoms with Crippen LogP contribution in [-0.2, 0) is 13.0 Å². The third kappa shape index (κ3) is 5.41. The molecule has 2 N–H and O–H groups in total. The molecule has 1 aliphatic rings. The quantitative estimate of drug-likeness (QED) is 0.616. The molecule has 0 radical (unpaired) electrons. The molecule has 0 saturated carbocycles. The fraction of sp³-hybridized carbons (Fsp3) is 0.280. The van der Waals surface area contributed by atoms with Crippen molar-refractivity contribution in [2.24, 2.45) is 0 Å². The van der Waals surface area contributed by atoms with E-state index in [2.05, 4.69) is 44.8 Å². The van der Waals surface area contributed by atoms with Gasteiger partial charge in [0.05, 0.1) is 0 Å². The third-order valence-corrected chi connectivity index (χ3v) is 5.54. The van der Waals surface area contributed by atoms with Crippen molar-refractivity contribution in [3.05, 3.63) is 83.6 Å². The Hall–Kier alpha value is -3.38. The van der Waals surface area contributed by atoms with Gasteiger partial charge in [-0.25, -0.2) is 4.98 Å². The number of hydrogen-bond donors (Lipinski definition) is 2. The molecule has 2 aromatic carbocycles. The summed E-state index contributed by atoms with van der Waals surface area (Å²) in [5.41, 5.74) is 5.29. The minimum atomic E-state index is -0.0511. The van der Waals surface area contributed by atoms with E-state index in [9.17, 15) is 4.79 Å². The van der Waals surface area contributed by atoms with E-state index in [1.54, 1.807) is 6.20 Å².